The lowest BCUT2D eigenvalue weighted by atomic mass is 9.86. The highest BCUT2D eigenvalue weighted by Crippen LogP contribution is 2.41. The Labute approximate surface area is 97.4 Å². The van der Waals surface area contributed by atoms with E-state index >= 15 is 0 Å². The number of furan rings is 1. The molecule has 0 spiro atoms. The van der Waals surface area contributed by atoms with Gasteiger partial charge in [0.1, 0.15) is 5.82 Å². The molecule has 0 saturated heterocycles. The van der Waals surface area contributed by atoms with Gasteiger partial charge in [-0.25, -0.2) is 8.78 Å². The van der Waals surface area contributed by atoms with Crippen molar-refractivity contribution in [1.29, 1.82) is 0 Å². The number of halogens is 2. The molecule has 1 saturated carbocycles. The van der Waals surface area contributed by atoms with E-state index in [9.17, 15) is 8.78 Å². The van der Waals surface area contributed by atoms with E-state index in [1.807, 2.05) is 0 Å². The number of hydrogen-bond acceptors (Lipinski definition) is 2. The first-order chi connectivity index (χ1) is 8.12. The van der Waals surface area contributed by atoms with Crippen molar-refractivity contribution in [3.05, 3.63) is 35.6 Å². The maximum absolute atomic E-state index is 14.0. The Morgan fingerprint density at radius 2 is 1.88 bits per heavy atom. The van der Waals surface area contributed by atoms with Crippen LogP contribution in [0.2, 0.25) is 0 Å². The largest absolute Gasteiger partial charge is 0.461 e. The van der Waals surface area contributed by atoms with Crippen molar-refractivity contribution in [1.82, 2.24) is 0 Å². The molecule has 1 heterocycles. The molecule has 1 aromatic heterocycles. The Hall–Kier alpha value is -1.42. The highest BCUT2D eigenvalue weighted by molar-refractivity contribution is 5.83. The van der Waals surface area contributed by atoms with Gasteiger partial charge >= 0.3 is 0 Å². The van der Waals surface area contributed by atoms with Crippen LogP contribution in [0, 0.1) is 11.6 Å². The van der Waals surface area contributed by atoms with Gasteiger partial charge in [-0.05, 0) is 18.9 Å². The molecule has 2 N–H and O–H groups in total. The molecule has 17 heavy (non-hydrogen) atoms. The zero-order chi connectivity index (χ0) is 12.0. The van der Waals surface area contributed by atoms with Gasteiger partial charge in [-0.15, -0.1) is 0 Å². The van der Waals surface area contributed by atoms with Gasteiger partial charge < -0.3 is 10.2 Å². The third kappa shape index (κ3) is 1.47. The van der Waals surface area contributed by atoms with Crippen LogP contribution in [0.4, 0.5) is 8.78 Å². The van der Waals surface area contributed by atoms with E-state index in [-0.39, 0.29) is 5.58 Å². The summed E-state index contributed by atoms with van der Waals surface area (Å²) in [4.78, 5) is 0. The van der Waals surface area contributed by atoms with Gasteiger partial charge in [0.15, 0.2) is 11.4 Å². The summed E-state index contributed by atoms with van der Waals surface area (Å²) in [5.74, 6) is -1.24. The summed E-state index contributed by atoms with van der Waals surface area (Å²) >= 11 is 0. The minimum absolute atomic E-state index is 0.0955. The van der Waals surface area contributed by atoms with E-state index < -0.39 is 17.2 Å². The predicted molar refractivity (Wildman–Crippen MR) is 60.5 cm³/mol. The molecule has 0 unspecified atom stereocenters. The first-order valence-electron chi connectivity index (χ1n) is 5.76. The zero-order valence-corrected chi connectivity index (χ0v) is 9.30. The van der Waals surface area contributed by atoms with Gasteiger partial charge in [-0.1, -0.05) is 12.8 Å². The number of rotatable bonds is 1. The third-order valence-electron chi connectivity index (χ3n) is 3.64. The van der Waals surface area contributed by atoms with E-state index in [1.165, 1.54) is 6.26 Å². The second kappa shape index (κ2) is 3.53. The van der Waals surface area contributed by atoms with Crippen LogP contribution in [-0.4, -0.2) is 0 Å². The lowest BCUT2D eigenvalue weighted by Crippen LogP contribution is -2.34. The summed E-state index contributed by atoms with van der Waals surface area (Å²) in [6.07, 6.45) is 4.79. The second-order valence-electron chi connectivity index (χ2n) is 4.74. The SMILES string of the molecule is NC1(c2c(F)cc(F)c3occc23)CCCC1. The van der Waals surface area contributed by atoms with Crippen LogP contribution >= 0.6 is 0 Å². The minimum atomic E-state index is -0.681. The van der Waals surface area contributed by atoms with Gasteiger partial charge in [-0.3, -0.25) is 0 Å². The number of fused-ring (bicyclic) bond motifs is 1. The van der Waals surface area contributed by atoms with Crippen molar-refractivity contribution in [2.75, 3.05) is 0 Å². The van der Waals surface area contributed by atoms with E-state index in [0.29, 0.717) is 10.9 Å². The lowest BCUT2D eigenvalue weighted by Gasteiger charge is -2.25. The van der Waals surface area contributed by atoms with Crippen molar-refractivity contribution in [2.45, 2.75) is 31.2 Å². The number of hydrogen-bond donors (Lipinski definition) is 1. The summed E-state index contributed by atoms with van der Waals surface area (Å²) in [5, 5.41) is 0.465. The predicted octanol–water partition coefficient (Wildman–Crippen LogP) is 3.44. The maximum atomic E-state index is 14.0. The summed E-state index contributed by atoms with van der Waals surface area (Å²) in [7, 11) is 0. The summed E-state index contributed by atoms with van der Waals surface area (Å²) < 4.78 is 32.5. The standard InChI is InChI=1S/C13H13F2NO/c14-9-7-10(15)12-8(3-6-17-12)11(9)13(16)4-1-2-5-13/h3,6-7H,1-2,4-5,16H2. The van der Waals surface area contributed by atoms with E-state index in [4.69, 9.17) is 10.2 Å². The minimum Gasteiger partial charge on any atom is -0.461 e. The fourth-order valence-corrected chi connectivity index (χ4v) is 2.83. The number of nitrogens with two attached hydrogens (primary N) is 1. The van der Waals surface area contributed by atoms with Crippen molar-refractivity contribution < 1.29 is 13.2 Å². The molecule has 0 atom stereocenters. The molecule has 2 nitrogen and oxygen atoms in total. The molecule has 0 bridgehead atoms. The highest BCUT2D eigenvalue weighted by atomic mass is 19.1. The molecule has 0 aliphatic heterocycles. The fourth-order valence-electron chi connectivity index (χ4n) is 2.83. The van der Waals surface area contributed by atoms with Crippen LogP contribution < -0.4 is 5.73 Å². The zero-order valence-electron chi connectivity index (χ0n) is 9.30. The van der Waals surface area contributed by atoms with Crippen molar-refractivity contribution in [2.24, 2.45) is 5.73 Å². The Morgan fingerprint density at radius 3 is 2.59 bits per heavy atom. The van der Waals surface area contributed by atoms with Crippen molar-refractivity contribution in [3.8, 4) is 0 Å². The quantitative estimate of drug-likeness (QED) is 0.825. The molecule has 0 radical (unpaired) electrons. The molecule has 1 fully saturated rings. The first kappa shape index (κ1) is 10.7. The first-order valence-corrected chi connectivity index (χ1v) is 5.76. The summed E-state index contributed by atoms with van der Waals surface area (Å²) in [6.45, 7) is 0. The molecule has 0 amide bonds. The molecule has 1 aromatic carbocycles. The Morgan fingerprint density at radius 1 is 1.18 bits per heavy atom. The van der Waals surface area contributed by atoms with Gasteiger partial charge in [0.2, 0.25) is 0 Å². The molecule has 3 rings (SSSR count). The second-order valence-corrected chi connectivity index (χ2v) is 4.74. The molecule has 90 valence electrons. The van der Waals surface area contributed by atoms with E-state index in [2.05, 4.69) is 0 Å². The molecular weight excluding hydrogens is 224 g/mol. The lowest BCUT2D eigenvalue weighted by molar-refractivity contribution is 0.434. The average Bonchev–Trinajstić information content (AvgIpc) is 2.87. The normalized spacial score (nSPS) is 19.0. The molecule has 4 heteroatoms. The van der Waals surface area contributed by atoms with Crippen LogP contribution in [0.25, 0.3) is 11.0 Å². The van der Waals surface area contributed by atoms with Crippen LogP contribution in [0.15, 0.2) is 22.8 Å². The smallest absolute Gasteiger partial charge is 0.170 e. The Balaban J connectivity index is 2.31. The highest BCUT2D eigenvalue weighted by Gasteiger charge is 2.36. The molecule has 2 aromatic rings. The van der Waals surface area contributed by atoms with Gasteiger partial charge in [0, 0.05) is 22.6 Å². The van der Waals surface area contributed by atoms with Gasteiger partial charge in [0.25, 0.3) is 0 Å². The van der Waals surface area contributed by atoms with Crippen LogP contribution in [0.3, 0.4) is 0 Å². The van der Waals surface area contributed by atoms with E-state index in [0.717, 1.165) is 31.7 Å². The van der Waals surface area contributed by atoms with Crippen molar-refractivity contribution in [3.63, 3.8) is 0 Å². The third-order valence-corrected chi connectivity index (χ3v) is 3.64. The van der Waals surface area contributed by atoms with E-state index in [1.54, 1.807) is 6.07 Å². The van der Waals surface area contributed by atoms with Gasteiger partial charge in [-0.2, -0.15) is 0 Å². The van der Waals surface area contributed by atoms with Crippen LogP contribution in [0.1, 0.15) is 31.2 Å². The fraction of sp³-hybridized carbons (Fsp3) is 0.385. The molecule has 1 aliphatic rings. The summed E-state index contributed by atoms with van der Waals surface area (Å²) in [5.41, 5.74) is 6.07. The monoisotopic (exact) mass is 237 g/mol. The maximum Gasteiger partial charge on any atom is 0.170 e. The molecule has 1 aliphatic carbocycles. The van der Waals surface area contributed by atoms with Gasteiger partial charge in [0.05, 0.1) is 6.26 Å². The summed E-state index contributed by atoms with van der Waals surface area (Å²) in [6, 6.07) is 2.46. The topological polar surface area (TPSA) is 39.2 Å². The van der Waals surface area contributed by atoms with Crippen LogP contribution in [0.5, 0.6) is 0 Å². The Bertz CT molecular complexity index is 570. The molecular formula is C13H13F2NO. The average molecular weight is 237 g/mol. The Kier molecular flexibility index (Phi) is 2.23. The van der Waals surface area contributed by atoms with Crippen molar-refractivity contribution >= 4 is 11.0 Å². The van der Waals surface area contributed by atoms with Crippen LogP contribution in [-0.2, 0) is 5.54 Å². The number of benzene rings is 1.